The lowest BCUT2D eigenvalue weighted by molar-refractivity contribution is 0.416. The Hall–Kier alpha value is -3.41. The molecule has 1 saturated heterocycles. The van der Waals surface area contributed by atoms with Crippen molar-refractivity contribution in [3.63, 3.8) is 0 Å². The number of pyridine rings is 1. The van der Waals surface area contributed by atoms with E-state index in [-0.39, 0.29) is 6.04 Å². The number of anilines is 2. The SMILES string of the molecule is COc1ccc(N2C(=S)N[C@@H](c3ccccn3)[C@@H]2c2ccc(-c3ccc(Br)cc3)o2)cc1NS(C)(=O)=O. The average Bonchev–Trinajstić information content (AvgIpc) is 3.48. The van der Waals surface area contributed by atoms with E-state index in [0.717, 1.165) is 22.0 Å². The largest absolute Gasteiger partial charge is 0.495 e. The Bertz CT molecular complexity index is 1540. The van der Waals surface area contributed by atoms with Crippen molar-refractivity contribution in [2.45, 2.75) is 12.1 Å². The lowest BCUT2D eigenvalue weighted by atomic mass is 10.0. The standard InChI is InChI=1S/C26H23BrN4O4S2/c1-34-22-11-10-18(15-20(22)30-37(2,32)33)31-25(24(29-26(31)36)19-5-3-4-14-28-19)23-13-12-21(35-23)16-6-8-17(27)9-7-16/h3-15,24-25,30H,1-2H3,(H,29,36)/t24-,25-/m0/s1. The Labute approximate surface area is 228 Å². The molecule has 1 aliphatic rings. The topological polar surface area (TPSA) is 96.7 Å². The van der Waals surface area contributed by atoms with E-state index in [1.165, 1.54) is 7.11 Å². The number of nitrogens with zero attached hydrogens (tertiary/aromatic N) is 2. The second-order valence-electron chi connectivity index (χ2n) is 8.46. The van der Waals surface area contributed by atoms with Crippen molar-refractivity contribution >= 4 is 54.7 Å². The number of hydrogen-bond acceptors (Lipinski definition) is 6. The molecule has 4 aromatic rings. The van der Waals surface area contributed by atoms with Crippen LogP contribution in [0.1, 0.15) is 23.5 Å². The van der Waals surface area contributed by atoms with Gasteiger partial charge in [-0.3, -0.25) is 9.71 Å². The van der Waals surface area contributed by atoms with Crippen LogP contribution < -0.4 is 19.7 Å². The molecular weight excluding hydrogens is 576 g/mol. The van der Waals surface area contributed by atoms with E-state index in [1.54, 1.807) is 18.3 Å². The first-order valence-electron chi connectivity index (χ1n) is 11.3. The van der Waals surface area contributed by atoms with E-state index in [9.17, 15) is 8.42 Å². The molecule has 2 N–H and O–H groups in total. The minimum atomic E-state index is -3.54. The van der Waals surface area contributed by atoms with E-state index < -0.39 is 16.1 Å². The summed E-state index contributed by atoms with van der Waals surface area (Å²) in [6.07, 6.45) is 2.82. The van der Waals surface area contributed by atoms with Gasteiger partial charge < -0.3 is 19.4 Å². The van der Waals surface area contributed by atoms with Crippen molar-refractivity contribution in [3.05, 3.63) is 94.9 Å². The monoisotopic (exact) mass is 598 g/mol. The highest BCUT2D eigenvalue weighted by molar-refractivity contribution is 9.10. The molecule has 8 nitrogen and oxygen atoms in total. The number of methoxy groups -OCH3 is 1. The van der Waals surface area contributed by atoms with Gasteiger partial charge in [-0.15, -0.1) is 0 Å². The van der Waals surface area contributed by atoms with Crippen molar-refractivity contribution in [2.24, 2.45) is 0 Å². The molecule has 0 aliphatic carbocycles. The summed E-state index contributed by atoms with van der Waals surface area (Å²) >= 11 is 9.24. The minimum absolute atomic E-state index is 0.306. The highest BCUT2D eigenvalue weighted by Crippen LogP contribution is 2.44. The maximum Gasteiger partial charge on any atom is 0.229 e. The maximum absolute atomic E-state index is 12.0. The second kappa shape index (κ2) is 10.2. The molecule has 1 aliphatic heterocycles. The van der Waals surface area contributed by atoms with Crippen molar-refractivity contribution in [3.8, 4) is 17.1 Å². The zero-order chi connectivity index (χ0) is 26.2. The van der Waals surface area contributed by atoms with Gasteiger partial charge in [-0.05, 0) is 66.8 Å². The minimum Gasteiger partial charge on any atom is -0.495 e. The lowest BCUT2D eigenvalue weighted by Crippen LogP contribution is -2.29. The fourth-order valence-corrected chi connectivity index (χ4v) is 5.50. The predicted molar refractivity (Wildman–Crippen MR) is 151 cm³/mol. The zero-order valence-electron chi connectivity index (χ0n) is 19.9. The van der Waals surface area contributed by atoms with Crippen LogP contribution in [-0.2, 0) is 10.0 Å². The number of sulfonamides is 1. The number of nitrogens with one attached hydrogen (secondary N) is 2. The van der Waals surface area contributed by atoms with E-state index in [1.807, 2.05) is 65.6 Å². The number of rotatable bonds is 7. The maximum atomic E-state index is 12.0. The van der Waals surface area contributed by atoms with Crippen LogP contribution in [0.5, 0.6) is 5.75 Å². The zero-order valence-corrected chi connectivity index (χ0v) is 23.1. The normalized spacial score (nSPS) is 17.5. The Morgan fingerprint density at radius 3 is 2.57 bits per heavy atom. The molecule has 37 heavy (non-hydrogen) atoms. The van der Waals surface area contributed by atoms with Gasteiger partial charge in [0.2, 0.25) is 10.0 Å². The van der Waals surface area contributed by atoms with Crippen LogP contribution in [0, 0.1) is 0 Å². The Kier molecular flexibility index (Phi) is 6.93. The van der Waals surface area contributed by atoms with E-state index in [0.29, 0.717) is 33.8 Å². The van der Waals surface area contributed by atoms with E-state index >= 15 is 0 Å². The van der Waals surface area contributed by atoms with E-state index in [2.05, 4.69) is 31.0 Å². The third-order valence-electron chi connectivity index (χ3n) is 5.90. The van der Waals surface area contributed by atoms with Gasteiger partial charge in [0, 0.05) is 21.9 Å². The van der Waals surface area contributed by atoms with Crippen LogP contribution in [0.4, 0.5) is 11.4 Å². The van der Waals surface area contributed by atoms with Crippen LogP contribution in [0.3, 0.4) is 0 Å². The van der Waals surface area contributed by atoms with Crippen LogP contribution in [0.25, 0.3) is 11.3 Å². The number of halogens is 1. The molecule has 3 heterocycles. The molecule has 0 saturated carbocycles. The second-order valence-corrected chi connectivity index (χ2v) is 11.5. The molecule has 0 bridgehead atoms. The van der Waals surface area contributed by atoms with Crippen LogP contribution in [-0.4, -0.2) is 31.9 Å². The van der Waals surface area contributed by atoms with Crippen molar-refractivity contribution in [1.82, 2.24) is 10.3 Å². The Morgan fingerprint density at radius 2 is 1.89 bits per heavy atom. The van der Waals surface area contributed by atoms with Gasteiger partial charge in [-0.25, -0.2) is 8.42 Å². The van der Waals surface area contributed by atoms with Gasteiger partial charge in [0.25, 0.3) is 0 Å². The fraction of sp³-hybridized carbons (Fsp3) is 0.154. The third-order valence-corrected chi connectivity index (χ3v) is 7.34. The smallest absolute Gasteiger partial charge is 0.229 e. The molecule has 5 rings (SSSR count). The summed E-state index contributed by atoms with van der Waals surface area (Å²) in [5.74, 6) is 1.78. The Morgan fingerprint density at radius 1 is 1.11 bits per heavy atom. The summed E-state index contributed by atoms with van der Waals surface area (Å²) < 4.78 is 39.3. The van der Waals surface area contributed by atoms with Gasteiger partial charge in [0.1, 0.15) is 23.3 Å². The van der Waals surface area contributed by atoms with Crippen molar-refractivity contribution in [1.29, 1.82) is 0 Å². The first kappa shape index (κ1) is 25.2. The Balaban J connectivity index is 1.61. The highest BCUT2D eigenvalue weighted by Gasteiger charge is 2.42. The average molecular weight is 600 g/mol. The number of benzene rings is 2. The summed E-state index contributed by atoms with van der Waals surface area (Å²) in [5.41, 5.74) is 2.70. The predicted octanol–water partition coefficient (Wildman–Crippen LogP) is 5.66. The van der Waals surface area contributed by atoms with Crippen LogP contribution >= 0.6 is 28.1 Å². The molecule has 0 unspecified atom stereocenters. The van der Waals surface area contributed by atoms with Gasteiger partial charge in [-0.1, -0.05) is 34.1 Å². The van der Waals surface area contributed by atoms with E-state index in [4.69, 9.17) is 21.4 Å². The van der Waals surface area contributed by atoms with Gasteiger partial charge in [-0.2, -0.15) is 0 Å². The van der Waals surface area contributed by atoms with Gasteiger partial charge in [0.15, 0.2) is 5.11 Å². The molecule has 0 radical (unpaired) electrons. The van der Waals surface area contributed by atoms with Crippen LogP contribution in [0.15, 0.2) is 87.9 Å². The number of hydrogen-bond donors (Lipinski definition) is 2. The summed E-state index contributed by atoms with van der Waals surface area (Å²) in [6.45, 7) is 0. The number of furan rings is 1. The molecule has 190 valence electrons. The first-order chi connectivity index (χ1) is 17.7. The molecule has 0 amide bonds. The molecule has 2 aromatic heterocycles. The molecule has 2 aromatic carbocycles. The fourth-order valence-electron chi connectivity index (χ4n) is 4.33. The first-order valence-corrected chi connectivity index (χ1v) is 14.3. The quantitative estimate of drug-likeness (QED) is 0.263. The molecule has 1 fully saturated rings. The molecule has 0 spiro atoms. The summed E-state index contributed by atoms with van der Waals surface area (Å²) in [4.78, 5) is 6.47. The summed E-state index contributed by atoms with van der Waals surface area (Å²) in [5, 5.41) is 3.84. The number of aromatic nitrogens is 1. The molecular formula is C26H23BrN4O4S2. The van der Waals surface area contributed by atoms with Gasteiger partial charge in [0.05, 0.1) is 30.8 Å². The van der Waals surface area contributed by atoms with Crippen LogP contribution in [0.2, 0.25) is 0 Å². The summed E-state index contributed by atoms with van der Waals surface area (Å²) in [6, 6.07) is 21.9. The molecule has 2 atom stereocenters. The third kappa shape index (κ3) is 5.34. The summed E-state index contributed by atoms with van der Waals surface area (Å²) in [7, 11) is -2.06. The van der Waals surface area contributed by atoms with Gasteiger partial charge >= 0.3 is 0 Å². The molecule has 11 heteroatoms. The van der Waals surface area contributed by atoms with Crippen molar-refractivity contribution in [2.75, 3.05) is 23.0 Å². The number of thiocarbonyl (C=S) groups is 1. The lowest BCUT2D eigenvalue weighted by Gasteiger charge is -2.27. The number of ether oxygens (including phenoxy) is 1. The highest BCUT2D eigenvalue weighted by atomic mass is 79.9. The van der Waals surface area contributed by atoms with Crippen molar-refractivity contribution < 1.29 is 17.6 Å².